The first-order valence-electron chi connectivity index (χ1n) is 11.3. The molecular weight excluding hydrogens is 393 g/mol. The lowest BCUT2D eigenvalue weighted by atomic mass is 10.1. The highest BCUT2D eigenvalue weighted by Crippen LogP contribution is 2.29. The molecule has 2 fully saturated rings. The maximum Gasteiger partial charge on any atom is 0.253 e. The van der Waals surface area contributed by atoms with Gasteiger partial charge in [-0.3, -0.25) is 9.59 Å². The van der Waals surface area contributed by atoms with E-state index in [1.54, 1.807) is 12.1 Å². The van der Waals surface area contributed by atoms with Crippen LogP contribution in [0.15, 0.2) is 48.5 Å². The summed E-state index contributed by atoms with van der Waals surface area (Å²) in [4.78, 5) is 28.9. The van der Waals surface area contributed by atoms with Gasteiger partial charge in [0.25, 0.3) is 5.91 Å². The molecule has 31 heavy (non-hydrogen) atoms. The van der Waals surface area contributed by atoms with Gasteiger partial charge in [-0.15, -0.1) is 0 Å². The molecule has 1 N–H and O–H groups in total. The van der Waals surface area contributed by atoms with E-state index in [2.05, 4.69) is 5.32 Å². The number of benzene rings is 2. The van der Waals surface area contributed by atoms with Gasteiger partial charge in [0.05, 0.1) is 12.2 Å². The van der Waals surface area contributed by atoms with Gasteiger partial charge in [0.1, 0.15) is 5.82 Å². The number of likely N-dealkylation sites (tertiary alicyclic amines) is 1. The third-order valence-electron chi connectivity index (χ3n) is 6.33. The summed E-state index contributed by atoms with van der Waals surface area (Å²) in [7, 11) is 0. The van der Waals surface area contributed by atoms with Crippen molar-refractivity contribution in [3.63, 3.8) is 0 Å². The standard InChI is InChI=1S/C25H30FN3O2/c26-22-9-3-4-10-23(22)29(21-7-1-2-8-21)18-24(30)27-17-19-11-13-20(14-12-19)25(31)28-15-5-6-16-28/h3-4,9-14,21H,1-2,5-8,15-18H2,(H,27,30). The third kappa shape index (κ3) is 5.24. The van der Waals surface area contributed by atoms with Crippen molar-refractivity contribution in [1.82, 2.24) is 10.2 Å². The monoisotopic (exact) mass is 423 g/mol. The number of anilines is 1. The summed E-state index contributed by atoms with van der Waals surface area (Å²) in [5, 5.41) is 2.95. The first kappa shape index (κ1) is 21.3. The SMILES string of the molecule is O=C(CN(c1ccccc1F)C1CCCC1)NCc1ccc(C(=O)N2CCCC2)cc1. The molecule has 0 atom stereocenters. The van der Waals surface area contributed by atoms with Crippen molar-refractivity contribution in [2.24, 2.45) is 0 Å². The Bertz CT molecular complexity index is 903. The molecule has 1 saturated heterocycles. The average Bonchev–Trinajstić information content (AvgIpc) is 3.51. The highest BCUT2D eigenvalue weighted by atomic mass is 19.1. The topological polar surface area (TPSA) is 52.7 Å². The van der Waals surface area contributed by atoms with E-state index in [1.165, 1.54) is 6.07 Å². The molecule has 0 unspecified atom stereocenters. The molecule has 2 aromatic rings. The van der Waals surface area contributed by atoms with Crippen molar-refractivity contribution >= 4 is 17.5 Å². The Morgan fingerprint density at radius 2 is 1.65 bits per heavy atom. The fraction of sp³-hybridized carbons (Fsp3) is 0.440. The molecule has 1 heterocycles. The molecule has 2 amide bonds. The number of carbonyl (C=O) groups excluding carboxylic acids is 2. The van der Waals surface area contributed by atoms with Gasteiger partial charge in [-0.25, -0.2) is 4.39 Å². The fourth-order valence-electron chi connectivity index (χ4n) is 4.59. The molecule has 0 radical (unpaired) electrons. The minimum atomic E-state index is -0.291. The molecule has 5 nitrogen and oxygen atoms in total. The van der Waals surface area contributed by atoms with Gasteiger partial charge in [-0.2, -0.15) is 0 Å². The molecule has 1 saturated carbocycles. The summed E-state index contributed by atoms with van der Waals surface area (Å²) in [6.07, 6.45) is 6.32. The number of para-hydroxylation sites is 1. The maximum absolute atomic E-state index is 14.4. The summed E-state index contributed by atoms with van der Waals surface area (Å²) in [6.45, 7) is 2.18. The van der Waals surface area contributed by atoms with Crippen LogP contribution in [-0.2, 0) is 11.3 Å². The molecule has 2 aliphatic rings. The minimum absolute atomic E-state index is 0.0742. The Hall–Kier alpha value is -2.89. The van der Waals surface area contributed by atoms with E-state index < -0.39 is 0 Å². The van der Waals surface area contributed by atoms with E-state index in [0.717, 1.165) is 57.2 Å². The van der Waals surface area contributed by atoms with Crippen molar-refractivity contribution < 1.29 is 14.0 Å². The Morgan fingerprint density at radius 3 is 2.32 bits per heavy atom. The number of hydrogen-bond acceptors (Lipinski definition) is 3. The van der Waals surface area contributed by atoms with Crippen molar-refractivity contribution in [3.05, 3.63) is 65.5 Å². The quantitative estimate of drug-likeness (QED) is 0.729. The average molecular weight is 424 g/mol. The molecule has 0 spiro atoms. The van der Waals surface area contributed by atoms with Gasteiger partial charge < -0.3 is 15.1 Å². The minimum Gasteiger partial charge on any atom is -0.357 e. The second kappa shape index (κ2) is 9.94. The highest BCUT2D eigenvalue weighted by molar-refractivity contribution is 5.94. The number of carbonyl (C=O) groups is 2. The highest BCUT2D eigenvalue weighted by Gasteiger charge is 2.26. The van der Waals surface area contributed by atoms with Crippen LogP contribution in [0, 0.1) is 5.82 Å². The summed E-state index contributed by atoms with van der Waals surface area (Å²) in [5.41, 5.74) is 2.11. The van der Waals surface area contributed by atoms with Crippen LogP contribution >= 0.6 is 0 Å². The third-order valence-corrected chi connectivity index (χ3v) is 6.33. The van der Waals surface area contributed by atoms with E-state index in [9.17, 15) is 14.0 Å². The lowest BCUT2D eigenvalue weighted by Gasteiger charge is -2.30. The molecule has 0 bridgehead atoms. The fourth-order valence-corrected chi connectivity index (χ4v) is 4.59. The van der Waals surface area contributed by atoms with Crippen molar-refractivity contribution in [3.8, 4) is 0 Å². The van der Waals surface area contributed by atoms with Gasteiger partial charge in [0.15, 0.2) is 0 Å². The smallest absolute Gasteiger partial charge is 0.253 e. The predicted molar refractivity (Wildman–Crippen MR) is 119 cm³/mol. The number of nitrogens with zero attached hydrogens (tertiary/aromatic N) is 2. The van der Waals surface area contributed by atoms with Gasteiger partial charge in [-0.05, 0) is 55.5 Å². The van der Waals surface area contributed by atoms with Crippen LogP contribution in [-0.4, -0.2) is 42.4 Å². The maximum atomic E-state index is 14.4. The lowest BCUT2D eigenvalue weighted by molar-refractivity contribution is -0.120. The van der Waals surface area contributed by atoms with Gasteiger partial charge in [-0.1, -0.05) is 37.1 Å². The first-order valence-corrected chi connectivity index (χ1v) is 11.3. The summed E-state index contributed by atoms with van der Waals surface area (Å²) < 4.78 is 14.4. The molecule has 164 valence electrons. The van der Waals surface area contributed by atoms with Crippen LogP contribution in [0.1, 0.15) is 54.4 Å². The van der Waals surface area contributed by atoms with Crippen LogP contribution in [0.3, 0.4) is 0 Å². The van der Waals surface area contributed by atoms with Crippen molar-refractivity contribution in [1.29, 1.82) is 0 Å². The van der Waals surface area contributed by atoms with Crippen molar-refractivity contribution in [2.75, 3.05) is 24.5 Å². The predicted octanol–water partition coefficient (Wildman–Crippen LogP) is 4.13. The van der Waals surface area contributed by atoms with Crippen LogP contribution in [0.4, 0.5) is 10.1 Å². The van der Waals surface area contributed by atoms with Crippen LogP contribution in [0.2, 0.25) is 0 Å². The van der Waals surface area contributed by atoms with Crippen LogP contribution in [0.5, 0.6) is 0 Å². The van der Waals surface area contributed by atoms with E-state index in [1.807, 2.05) is 40.1 Å². The largest absolute Gasteiger partial charge is 0.357 e. The summed E-state index contributed by atoms with van der Waals surface area (Å²) in [6, 6.07) is 14.3. The molecule has 4 rings (SSSR count). The molecule has 2 aromatic carbocycles. The molecule has 0 aromatic heterocycles. The molecule has 6 heteroatoms. The Kier molecular flexibility index (Phi) is 6.85. The van der Waals surface area contributed by atoms with E-state index in [-0.39, 0.29) is 30.2 Å². The number of hydrogen-bond donors (Lipinski definition) is 1. The Balaban J connectivity index is 1.35. The normalized spacial score (nSPS) is 16.5. The van der Waals surface area contributed by atoms with Crippen molar-refractivity contribution in [2.45, 2.75) is 51.1 Å². The van der Waals surface area contributed by atoms with Crippen LogP contribution < -0.4 is 10.2 Å². The number of halogens is 1. The number of amides is 2. The molecule has 1 aliphatic heterocycles. The number of rotatable bonds is 7. The molecular formula is C25H30FN3O2. The van der Waals surface area contributed by atoms with E-state index in [0.29, 0.717) is 17.8 Å². The van der Waals surface area contributed by atoms with E-state index >= 15 is 0 Å². The van der Waals surface area contributed by atoms with Crippen LogP contribution in [0.25, 0.3) is 0 Å². The first-order chi connectivity index (χ1) is 15.1. The zero-order chi connectivity index (χ0) is 21.6. The van der Waals surface area contributed by atoms with Gasteiger partial charge in [0.2, 0.25) is 5.91 Å². The van der Waals surface area contributed by atoms with Gasteiger partial charge in [0, 0.05) is 31.2 Å². The second-order valence-corrected chi connectivity index (χ2v) is 8.49. The zero-order valence-corrected chi connectivity index (χ0v) is 17.9. The van der Waals surface area contributed by atoms with Gasteiger partial charge >= 0.3 is 0 Å². The summed E-state index contributed by atoms with van der Waals surface area (Å²) in [5.74, 6) is -0.349. The lowest BCUT2D eigenvalue weighted by Crippen LogP contribution is -2.42. The molecule has 1 aliphatic carbocycles. The van der Waals surface area contributed by atoms with E-state index in [4.69, 9.17) is 0 Å². The Morgan fingerprint density at radius 1 is 0.968 bits per heavy atom. The zero-order valence-electron chi connectivity index (χ0n) is 17.9. The second-order valence-electron chi connectivity index (χ2n) is 8.49. The number of nitrogens with one attached hydrogen (secondary N) is 1. The summed E-state index contributed by atoms with van der Waals surface area (Å²) >= 11 is 0. The Labute approximate surface area is 183 Å².